The number of likely N-dealkylation sites (tertiary alicyclic amines) is 1. The number of nitrogens with two attached hydrogens (primary N) is 1. The number of benzene rings is 2. The van der Waals surface area contributed by atoms with Crippen LogP contribution in [-0.4, -0.2) is 46.5 Å². The predicted octanol–water partition coefficient (Wildman–Crippen LogP) is 3.31. The van der Waals surface area contributed by atoms with Crippen molar-refractivity contribution >= 4 is 40.7 Å². The van der Waals surface area contributed by atoms with Gasteiger partial charge in [0.05, 0.1) is 11.6 Å². The van der Waals surface area contributed by atoms with Crippen LogP contribution in [0.25, 0.3) is 22.3 Å². The highest BCUT2D eigenvalue weighted by molar-refractivity contribution is 6.33. The second kappa shape index (κ2) is 8.35. The number of phenols is 2. The van der Waals surface area contributed by atoms with Crippen molar-refractivity contribution in [3.05, 3.63) is 51.1 Å². The zero-order chi connectivity index (χ0) is 20.9. The van der Waals surface area contributed by atoms with E-state index >= 15 is 0 Å². The second-order valence-electron chi connectivity index (χ2n) is 7.37. The first-order valence-electron chi connectivity index (χ1n) is 9.21. The zero-order valence-corrected chi connectivity index (χ0v) is 17.7. The minimum atomic E-state index is -0.459. The van der Waals surface area contributed by atoms with Gasteiger partial charge in [0.25, 0.3) is 0 Å². The summed E-state index contributed by atoms with van der Waals surface area (Å²) in [5.74, 6) is -0.617. The Morgan fingerprint density at radius 2 is 1.97 bits per heavy atom. The molecule has 0 bridgehead atoms. The summed E-state index contributed by atoms with van der Waals surface area (Å²) in [5.41, 5.74) is 6.71. The summed E-state index contributed by atoms with van der Waals surface area (Å²) in [7, 11) is 1.89. The molecular weight excluding hydrogens is 431 g/mol. The largest absolute Gasteiger partial charge is 0.507 e. The maximum absolute atomic E-state index is 12.8. The van der Waals surface area contributed by atoms with E-state index in [0.717, 1.165) is 6.07 Å². The summed E-state index contributed by atoms with van der Waals surface area (Å²) < 4.78 is 6.04. The van der Waals surface area contributed by atoms with Crippen LogP contribution in [-0.2, 0) is 0 Å². The van der Waals surface area contributed by atoms with Crippen LogP contribution >= 0.6 is 24.0 Å². The predicted molar refractivity (Wildman–Crippen MR) is 119 cm³/mol. The summed E-state index contributed by atoms with van der Waals surface area (Å²) in [4.78, 5) is 14.8. The summed E-state index contributed by atoms with van der Waals surface area (Å²) in [5, 5.41) is 31.1. The molecular formula is C21H22Cl2N2O5. The Labute approximate surface area is 183 Å². The number of rotatable bonds is 3. The van der Waals surface area contributed by atoms with Gasteiger partial charge in [-0.3, -0.25) is 4.79 Å². The molecule has 3 aromatic rings. The molecule has 4 rings (SSSR count). The molecule has 160 valence electrons. The van der Waals surface area contributed by atoms with Crippen LogP contribution < -0.4 is 11.2 Å². The molecule has 30 heavy (non-hydrogen) atoms. The summed E-state index contributed by atoms with van der Waals surface area (Å²) in [6.07, 6.45) is 0.658. The first-order chi connectivity index (χ1) is 13.8. The minimum Gasteiger partial charge on any atom is -0.507 e. The molecule has 7 nitrogen and oxygen atoms in total. The van der Waals surface area contributed by atoms with Gasteiger partial charge in [-0.05, 0) is 38.2 Å². The fourth-order valence-electron chi connectivity index (χ4n) is 4.16. The average Bonchev–Trinajstić information content (AvgIpc) is 3.01. The Kier molecular flexibility index (Phi) is 6.19. The minimum absolute atomic E-state index is 0. The Hall–Kier alpha value is -2.45. The van der Waals surface area contributed by atoms with E-state index in [1.54, 1.807) is 18.2 Å². The first-order valence-corrected chi connectivity index (χ1v) is 9.58. The maximum atomic E-state index is 12.8. The lowest BCUT2D eigenvalue weighted by Gasteiger charge is -2.24. The molecule has 1 saturated heterocycles. The molecule has 0 saturated carbocycles. The number of likely N-dealkylation sites (N-methyl/N-ethyl adjacent to an activating group) is 1. The van der Waals surface area contributed by atoms with E-state index in [9.17, 15) is 20.1 Å². The van der Waals surface area contributed by atoms with Crippen molar-refractivity contribution in [1.29, 1.82) is 0 Å². The number of anilines is 1. The first kappa shape index (κ1) is 22.2. The van der Waals surface area contributed by atoms with E-state index < -0.39 is 5.43 Å². The van der Waals surface area contributed by atoms with Crippen molar-refractivity contribution in [2.75, 3.05) is 25.9 Å². The molecule has 1 aliphatic rings. The van der Waals surface area contributed by atoms with E-state index in [-0.39, 0.29) is 59.2 Å². The standard InChI is InChI=1S/C21H21ClN2O5.ClH/c1-24-5-4-12(14(24)9-25)19-15(26)7-16(27)20-17(28)8-18(29-21(19)20)11-3-2-10(23)6-13(11)22;/h2-3,6-8,12,14,25-27H,4-5,9,23H2,1H3;1H/t12-,14+;/m1./s1. The molecule has 9 heteroatoms. The molecule has 2 heterocycles. The number of nitrogens with zero attached hydrogens (tertiary/aromatic N) is 1. The van der Waals surface area contributed by atoms with Gasteiger partial charge < -0.3 is 30.4 Å². The van der Waals surface area contributed by atoms with E-state index in [4.69, 9.17) is 21.8 Å². The van der Waals surface area contributed by atoms with Crippen LogP contribution in [0.4, 0.5) is 5.69 Å². The molecule has 5 N–H and O–H groups in total. The SMILES string of the molecule is CN1CC[C@@H](c2c(O)cc(O)c3c(=O)cc(-c4ccc(N)cc4Cl)oc23)[C@@H]1CO.Cl. The topological polar surface area (TPSA) is 120 Å². The molecule has 0 spiro atoms. The third-order valence-electron chi connectivity index (χ3n) is 5.64. The Bertz CT molecular complexity index is 1160. The van der Waals surface area contributed by atoms with Crippen LogP contribution in [0, 0.1) is 0 Å². The average molecular weight is 453 g/mol. The number of aliphatic hydroxyl groups is 1. The van der Waals surface area contributed by atoms with Crippen LogP contribution in [0.2, 0.25) is 5.02 Å². The quantitative estimate of drug-likeness (QED) is 0.449. The van der Waals surface area contributed by atoms with Gasteiger partial charge in [-0.15, -0.1) is 12.4 Å². The fraction of sp³-hybridized carbons (Fsp3) is 0.286. The van der Waals surface area contributed by atoms with Gasteiger partial charge in [-0.1, -0.05) is 11.6 Å². The smallest absolute Gasteiger partial charge is 0.197 e. The number of aliphatic hydroxyl groups excluding tert-OH is 1. The van der Waals surface area contributed by atoms with E-state index in [0.29, 0.717) is 34.8 Å². The molecule has 0 amide bonds. The van der Waals surface area contributed by atoms with Crippen LogP contribution in [0.3, 0.4) is 0 Å². The van der Waals surface area contributed by atoms with Crippen molar-refractivity contribution in [3.63, 3.8) is 0 Å². The maximum Gasteiger partial charge on any atom is 0.197 e. The molecule has 0 radical (unpaired) electrons. The Morgan fingerprint density at radius 1 is 1.23 bits per heavy atom. The van der Waals surface area contributed by atoms with Crippen molar-refractivity contribution in [1.82, 2.24) is 4.90 Å². The lowest BCUT2D eigenvalue weighted by atomic mass is 9.89. The van der Waals surface area contributed by atoms with E-state index in [1.165, 1.54) is 6.07 Å². The molecule has 2 aromatic carbocycles. The monoisotopic (exact) mass is 452 g/mol. The lowest BCUT2D eigenvalue weighted by Crippen LogP contribution is -2.32. The molecule has 1 aliphatic heterocycles. The summed E-state index contributed by atoms with van der Waals surface area (Å²) in [6.45, 7) is 0.599. The second-order valence-corrected chi connectivity index (χ2v) is 7.78. The number of halogens is 2. The number of nitrogen functional groups attached to an aromatic ring is 1. The van der Waals surface area contributed by atoms with Crippen LogP contribution in [0.1, 0.15) is 17.9 Å². The van der Waals surface area contributed by atoms with Crippen molar-refractivity contribution < 1.29 is 19.7 Å². The van der Waals surface area contributed by atoms with Gasteiger partial charge >= 0.3 is 0 Å². The van der Waals surface area contributed by atoms with Gasteiger partial charge in [-0.2, -0.15) is 0 Å². The van der Waals surface area contributed by atoms with Gasteiger partial charge in [-0.25, -0.2) is 0 Å². The van der Waals surface area contributed by atoms with Gasteiger partial charge in [0.1, 0.15) is 28.2 Å². The number of aromatic hydroxyl groups is 2. The van der Waals surface area contributed by atoms with E-state index in [1.807, 2.05) is 11.9 Å². The van der Waals surface area contributed by atoms with Crippen molar-refractivity contribution in [3.8, 4) is 22.8 Å². The summed E-state index contributed by atoms with van der Waals surface area (Å²) >= 11 is 6.28. The number of hydrogen-bond donors (Lipinski definition) is 4. The third-order valence-corrected chi connectivity index (χ3v) is 5.95. The zero-order valence-electron chi connectivity index (χ0n) is 16.1. The number of phenolic OH excluding ortho intramolecular Hbond substituents is 2. The van der Waals surface area contributed by atoms with E-state index in [2.05, 4.69) is 0 Å². The van der Waals surface area contributed by atoms with Gasteiger partial charge in [0.15, 0.2) is 5.43 Å². The number of hydrogen-bond acceptors (Lipinski definition) is 7. The highest BCUT2D eigenvalue weighted by Gasteiger charge is 2.36. The molecule has 0 unspecified atom stereocenters. The molecule has 0 aliphatic carbocycles. The lowest BCUT2D eigenvalue weighted by molar-refractivity contribution is 0.172. The van der Waals surface area contributed by atoms with Gasteiger partial charge in [0, 0.05) is 40.9 Å². The van der Waals surface area contributed by atoms with Crippen molar-refractivity contribution in [2.24, 2.45) is 0 Å². The highest BCUT2D eigenvalue weighted by Crippen LogP contribution is 2.44. The summed E-state index contributed by atoms with van der Waals surface area (Å²) in [6, 6.07) is 6.99. The number of fused-ring (bicyclic) bond motifs is 1. The Morgan fingerprint density at radius 3 is 2.63 bits per heavy atom. The fourth-order valence-corrected chi connectivity index (χ4v) is 4.44. The van der Waals surface area contributed by atoms with Crippen LogP contribution in [0.15, 0.2) is 39.5 Å². The molecule has 2 atom stereocenters. The molecule has 1 aromatic heterocycles. The van der Waals surface area contributed by atoms with Gasteiger partial charge in [0.2, 0.25) is 0 Å². The highest BCUT2D eigenvalue weighted by atomic mass is 35.5. The van der Waals surface area contributed by atoms with Crippen LogP contribution in [0.5, 0.6) is 11.5 Å². The van der Waals surface area contributed by atoms with Crippen molar-refractivity contribution in [2.45, 2.75) is 18.4 Å². The molecule has 1 fully saturated rings. The Balaban J connectivity index is 0.00000256. The third kappa shape index (κ3) is 3.58. The normalized spacial score (nSPS) is 19.2.